The van der Waals surface area contributed by atoms with Crippen molar-refractivity contribution in [1.82, 2.24) is 0 Å². The first-order valence-corrected chi connectivity index (χ1v) is 10.1. The summed E-state index contributed by atoms with van der Waals surface area (Å²) >= 11 is 0. The molecule has 0 saturated carbocycles. The molecule has 4 rings (SSSR count). The van der Waals surface area contributed by atoms with Crippen LogP contribution in [0.1, 0.15) is 33.2 Å². The maximum atomic E-state index is 13.3. The van der Waals surface area contributed by atoms with Crippen LogP contribution in [0.5, 0.6) is 5.75 Å². The van der Waals surface area contributed by atoms with Crippen molar-refractivity contribution in [3.05, 3.63) is 102 Å². The molecule has 0 unspecified atom stereocenters. The Bertz CT molecular complexity index is 1190. The van der Waals surface area contributed by atoms with Crippen molar-refractivity contribution < 1.29 is 19.1 Å². The first-order chi connectivity index (χ1) is 15.1. The third-order valence-electron chi connectivity index (χ3n) is 5.20. The van der Waals surface area contributed by atoms with Gasteiger partial charge in [0.25, 0.3) is 0 Å². The van der Waals surface area contributed by atoms with Crippen LogP contribution in [-0.4, -0.2) is 25.5 Å². The smallest absolute Gasteiger partial charge is 0.337 e. The van der Waals surface area contributed by atoms with Crippen LogP contribution in [-0.2, 0) is 4.74 Å². The summed E-state index contributed by atoms with van der Waals surface area (Å²) in [7, 11) is 1.35. The quantitative estimate of drug-likeness (QED) is 0.294. The molecule has 0 N–H and O–H groups in total. The Morgan fingerprint density at radius 2 is 1.42 bits per heavy atom. The molecular formula is C27H22O4. The summed E-state index contributed by atoms with van der Waals surface area (Å²) in [5.41, 5.74) is 5.20. The van der Waals surface area contributed by atoms with Crippen LogP contribution >= 0.6 is 0 Å². The first-order valence-electron chi connectivity index (χ1n) is 10.1. The molecule has 0 aliphatic heterocycles. The van der Waals surface area contributed by atoms with Crippen molar-refractivity contribution in [3.63, 3.8) is 0 Å². The number of esters is 1. The minimum atomic E-state index is -0.420. The largest absolute Gasteiger partial charge is 0.494 e. The average molecular weight is 410 g/mol. The highest BCUT2D eigenvalue weighted by Crippen LogP contribution is 2.40. The SMILES string of the molecule is CCOc1ccc(-c2cc(C(=O)c3ccccc3)c3ccc(C(=O)OC)ccc2-3)cc1. The second-order valence-corrected chi connectivity index (χ2v) is 7.07. The van der Waals surface area contributed by atoms with Gasteiger partial charge in [-0.15, -0.1) is 0 Å². The van der Waals surface area contributed by atoms with E-state index in [4.69, 9.17) is 9.47 Å². The zero-order valence-electron chi connectivity index (χ0n) is 17.4. The van der Waals surface area contributed by atoms with E-state index in [1.165, 1.54) is 7.11 Å². The molecule has 0 atom stereocenters. The molecule has 0 amide bonds. The molecule has 0 bridgehead atoms. The van der Waals surface area contributed by atoms with Gasteiger partial charge in [0.05, 0.1) is 19.3 Å². The molecule has 31 heavy (non-hydrogen) atoms. The fourth-order valence-electron chi connectivity index (χ4n) is 3.67. The Morgan fingerprint density at radius 1 is 0.742 bits per heavy atom. The van der Waals surface area contributed by atoms with Gasteiger partial charge in [-0.1, -0.05) is 54.6 Å². The van der Waals surface area contributed by atoms with E-state index in [1.54, 1.807) is 24.3 Å². The van der Waals surface area contributed by atoms with Crippen molar-refractivity contribution >= 4 is 11.8 Å². The number of hydrogen-bond donors (Lipinski definition) is 0. The van der Waals surface area contributed by atoms with Gasteiger partial charge in [-0.3, -0.25) is 4.79 Å². The summed E-state index contributed by atoms with van der Waals surface area (Å²) < 4.78 is 10.4. The van der Waals surface area contributed by atoms with E-state index in [2.05, 4.69) is 0 Å². The zero-order chi connectivity index (χ0) is 21.8. The maximum Gasteiger partial charge on any atom is 0.337 e. The molecule has 0 spiro atoms. The topological polar surface area (TPSA) is 52.6 Å². The van der Waals surface area contributed by atoms with E-state index in [-0.39, 0.29) is 5.78 Å². The highest BCUT2D eigenvalue weighted by Gasteiger charge is 2.22. The molecule has 2 aromatic rings. The van der Waals surface area contributed by atoms with E-state index in [9.17, 15) is 9.59 Å². The van der Waals surface area contributed by atoms with Crippen LogP contribution in [0.2, 0.25) is 0 Å². The van der Waals surface area contributed by atoms with E-state index in [1.807, 2.05) is 67.6 Å². The van der Waals surface area contributed by atoms with Crippen molar-refractivity contribution in [2.75, 3.05) is 13.7 Å². The predicted octanol–water partition coefficient (Wildman–Crippen LogP) is 5.87. The normalized spacial score (nSPS) is 10.6. The number of ketones is 1. The van der Waals surface area contributed by atoms with E-state index in [0.29, 0.717) is 23.3 Å². The second-order valence-electron chi connectivity index (χ2n) is 7.07. The zero-order valence-corrected chi connectivity index (χ0v) is 17.4. The van der Waals surface area contributed by atoms with Crippen LogP contribution in [0, 0.1) is 0 Å². The van der Waals surface area contributed by atoms with E-state index >= 15 is 0 Å². The van der Waals surface area contributed by atoms with Crippen molar-refractivity contribution in [2.24, 2.45) is 0 Å². The van der Waals surface area contributed by atoms with Gasteiger partial charge >= 0.3 is 5.97 Å². The number of benzene rings is 2. The van der Waals surface area contributed by atoms with Crippen molar-refractivity contribution in [1.29, 1.82) is 0 Å². The van der Waals surface area contributed by atoms with Crippen molar-refractivity contribution in [2.45, 2.75) is 6.92 Å². The molecule has 4 nitrogen and oxygen atoms in total. The fourth-order valence-corrected chi connectivity index (χ4v) is 3.67. The summed E-state index contributed by atoms with van der Waals surface area (Å²) in [5.74, 6) is 0.311. The highest BCUT2D eigenvalue weighted by atomic mass is 16.5. The van der Waals surface area contributed by atoms with Crippen LogP contribution in [0.4, 0.5) is 0 Å². The molecule has 0 saturated heterocycles. The number of carbonyl (C=O) groups excluding carboxylic acids is 2. The molecular weight excluding hydrogens is 388 g/mol. The van der Waals surface area contributed by atoms with Gasteiger partial charge < -0.3 is 9.47 Å². The second kappa shape index (κ2) is 8.84. The monoisotopic (exact) mass is 410 g/mol. The van der Waals surface area contributed by atoms with Gasteiger partial charge in [-0.05, 0) is 59.5 Å². The Hall–Kier alpha value is -3.92. The average Bonchev–Trinajstić information content (AvgIpc) is 3.03. The number of rotatable bonds is 6. The van der Waals surface area contributed by atoms with Gasteiger partial charge in [-0.25, -0.2) is 4.79 Å². The van der Waals surface area contributed by atoms with E-state index in [0.717, 1.165) is 28.0 Å². The number of fused-ring (bicyclic) bond motifs is 1. The standard InChI is InChI=1S/C27H22O4/c1-3-31-21-13-9-18(10-14-21)24-17-25(26(28)19-7-5-4-6-8-19)23-16-12-20(27(29)30-2)11-15-22(23)24/h4-17H,3H2,1-2H3. The number of hydrogen-bond acceptors (Lipinski definition) is 4. The minimum Gasteiger partial charge on any atom is -0.494 e. The molecule has 0 radical (unpaired) electrons. The molecule has 4 heteroatoms. The van der Waals surface area contributed by atoms with Gasteiger partial charge in [-0.2, -0.15) is 0 Å². The first kappa shape index (κ1) is 20.4. The molecule has 154 valence electrons. The Balaban J connectivity index is 1.89. The lowest BCUT2D eigenvalue weighted by atomic mass is 10.00. The fraction of sp³-hybridized carbons (Fsp3) is 0.111. The van der Waals surface area contributed by atoms with Crippen LogP contribution in [0.15, 0.2) is 84.9 Å². The molecule has 0 heterocycles. The van der Waals surface area contributed by atoms with Gasteiger partial charge in [0, 0.05) is 11.1 Å². The number of methoxy groups -OCH3 is 1. The molecule has 2 aliphatic carbocycles. The lowest BCUT2D eigenvalue weighted by Crippen LogP contribution is -2.00. The van der Waals surface area contributed by atoms with E-state index < -0.39 is 5.97 Å². The highest BCUT2D eigenvalue weighted by molar-refractivity contribution is 6.16. The predicted molar refractivity (Wildman–Crippen MR) is 121 cm³/mol. The van der Waals surface area contributed by atoms with Gasteiger partial charge in [0.1, 0.15) is 5.75 Å². The summed E-state index contributed by atoms with van der Waals surface area (Å²) in [6.45, 7) is 2.54. The molecule has 2 aliphatic rings. The lowest BCUT2D eigenvalue weighted by Gasteiger charge is -2.05. The van der Waals surface area contributed by atoms with Gasteiger partial charge in [0.2, 0.25) is 0 Å². The maximum absolute atomic E-state index is 13.3. The Labute approximate surface area is 181 Å². The summed E-state index contributed by atoms with van der Waals surface area (Å²) in [6, 6.07) is 26.0. The third-order valence-corrected chi connectivity index (χ3v) is 5.20. The molecule has 0 fully saturated rings. The summed E-state index contributed by atoms with van der Waals surface area (Å²) in [4.78, 5) is 25.4. The molecule has 0 aromatic heterocycles. The van der Waals surface area contributed by atoms with Crippen LogP contribution in [0.25, 0.3) is 22.3 Å². The minimum absolute atomic E-state index is 0.0615. The van der Waals surface area contributed by atoms with Crippen LogP contribution < -0.4 is 4.74 Å². The van der Waals surface area contributed by atoms with Crippen molar-refractivity contribution in [3.8, 4) is 28.0 Å². The third kappa shape index (κ3) is 4.05. The van der Waals surface area contributed by atoms with Gasteiger partial charge in [0.15, 0.2) is 5.78 Å². The Kier molecular flexibility index (Phi) is 5.80. The summed E-state index contributed by atoms with van der Waals surface area (Å²) in [5, 5.41) is 0. The summed E-state index contributed by atoms with van der Waals surface area (Å²) in [6.07, 6.45) is 0. The Morgan fingerprint density at radius 3 is 2.06 bits per heavy atom. The number of ether oxygens (including phenoxy) is 2. The number of carbonyl (C=O) groups is 2. The molecule has 2 aromatic carbocycles. The van der Waals surface area contributed by atoms with Crippen LogP contribution in [0.3, 0.4) is 0 Å². The lowest BCUT2D eigenvalue weighted by molar-refractivity contribution is 0.0600.